The van der Waals surface area contributed by atoms with Gasteiger partial charge in [-0.3, -0.25) is 4.68 Å². The molecule has 0 atom stereocenters. The summed E-state index contributed by atoms with van der Waals surface area (Å²) in [7, 11) is 0. The number of halogens is 3. The predicted octanol–water partition coefficient (Wildman–Crippen LogP) is 4.92. The van der Waals surface area contributed by atoms with E-state index in [1.807, 2.05) is 25.1 Å². The highest BCUT2D eigenvalue weighted by atomic mass is 19.3. The highest BCUT2D eigenvalue weighted by Crippen LogP contribution is 2.33. The zero-order valence-corrected chi connectivity index (χ0v) is 18.4. The minimum atomic E-state index is -2.43. The quantitative estimate of drug-likeness (QED) is 0.475. The standard InChI is InChI=1S/C25H30F3N3O/c1-18-12-20(24-21(13-18)15-31(30-24)16-23(27)28)6-11-32-17-25(7-9-29-10-8-25)14-19-2-4-22(26)5-3-19/h2-5,12-13,15,23,29H,6-11,14,16-17H2,1H3. The molecule has 4 rings (SSSR count). The molecule has 1 aromatic heterocycles. The topological polar surface area (TPSA) is 39.1 Å². The fourth-order valence-corrected chi connectivity index (χ4v) is 4.68. The molecule has 0 spiro atoms. The van der Waals surface area contributed by atoms with E-state index in [9.17, 15) is 13.2 Å². The third-order valence-electron chi connectivity index (χ3n) is 6.28. The summed E-state index contributed by atoms with van der Waals surface area (Å²) in [5.74, 6) is -0.218. The summed E-state index contributed by atoms with van der Waals surface area (Å²) < 4.78 is 46.3. The Kier molecular flexibility index (Phi) is 7.16. The molecule has 1 fully saturated rings. The smallest absolute Gasteiger partial charge is 0.257 e. The SMILES string of the molecule is Cc1cc(CCOCC2(Cc3ccc(F)cc3)CCNCC2)c2nn(CC(F)F)cc2c1. The lowest BCUT2D eigenvalue weighted by Gasteiger charge is -2.37. The van der Waals surface area contributed by atoms with E-state index in [1.165, 1.54) is 16.8 Å². The molecule has 1 aliphatic rings. The number of fused-ring (bicyclic) bond motifs is 1. The van der Waals surface area contributed by atoms with Gasteiger partial charge in [0.25, 0.3) is 6.43 Å². The molecule has 2 heterocycles. The van der Waals surface area contributed by atoms with Crippen molar-refractivity contribution in [2.45, 2.75) is 45.6 Å². The molecule has 172 valence electrons. The fourth-order valence-electron chi connectivity index (χ4n) is 4.68. The molecule has 0 bridgehead atoms. The lowest BCUT2D eigenvalue weighted by Crippen LogP contribution is -2.41. The van der Waals surface area contributed by atoms with Gasteiger partial charge in [-0.1, -0.05) is 23.8 Å². The molecule has 0 unspecified atom stereocenters. The van der Waals surface area contributed by atoms with E-state index in [0.29, 0.717) is 19.6 Å². The van der Waals surface area contributed by atoms with Crippen LogP contribution in [0.3, 0.4) is 0 Å². The number of ether oxygens (including phenoxy) is 1. The minimum Gasteiger partial charge on any atom is -0.381 e. The van der Waals surface area contributed by atoms with Crippen molar-refractivity contribution in [2.24, 2.45) is 5.41 Å². The van der Waals surface area contributed by atoms with Crippen LogP contribution in [0.4, 0.5) is 13.2 Å². The zero-order chi connectivity index (χ0) is 22.6. The molecule has 2 aromatic carbocycles. The normalized spacial score (nSPS) is 16.2. The van der Waals surface area contributed by atoms with Crippen LogP contribution in [-0.2, 0) is 24.1 Å². The van der Waals surface area contributed by atoms with Gasteiger partial charge in [0.05, 0.1) is 18.7 Å². The number of aryl methyl sites for hydroxylation is 1. The highest BCUT2D eigenvalue weighted by molar-refractivity contribution is 5.82. The van der Waals surface area contributed by atoms with Gasteiger partial charge >= 0.3 is 0 Å². The van der Waals surface area contributed by atoms with Crippen LogP contribution in [0.2, 0.25) is 0 Å². The summed E-state index contributed by atoms with van der Waals surface area (Å²) in [5.41, 5.74) is 4.02. The average molecular weight is 446 g/mol. The maximum absolute atomic E-state index is 13.3. The van der Waals surface area contributed by atoms with Gasteiger partial charge in [0, 0.05) is 17.0 Å². The first-order valence-corrected chi connectivity index (χ1v) is 11.2. The summed E-state index contributed by atoms with van der Waals surface area (Å²) in [6.45, 7) is 4.68. The summed E-state index contributed by atoms with van der Waals surface area (Å²) in [6.07, 6.45) is 2.82. The Morgan fingerprint density at radius 1 is 1.16 bits per heavy atom. The first kappa shape index (κ1) is 22.8. The maximum atomic E-state index is 13.3. The summed E-state index contributed by atoms with van der Waals surface area (Å²) in [5, 5.41) is 8.68. The molecule has 1 N–H and O–H groups in total. The predicted molar refractivity (Wildman–Crippen MR) is 120 cm³/mol. The number of nitrogens with one attached hydrogen (secondary N) is 1. The Hall–Kier alpha value is -2.38. The number of alkyl halides is 2. The van der Waals surface area contributed by atoms with E-state index in [2.05, 4.69) is 16.5 Å². The number of aromatic nitrogens is 2. The molecule has 32 heavy (non-hydrogen) atoms. The number of hydrogen-bond acceptors (Lipinski definition) is 3. The van der Waals surface area contributed by atoms with Gasteiger partial charge in [0.15, 0.2) is 0 Å². The highest BCUT2D eigenvalue weighted by Gasteiger charge is 2.32. The largest absolute Gasteiger partial charge is 0.381 e. The lowest BCUT2D eigenvalue weighted by atomic mass is 9.75. The maximum Gasteiger partial charge on any atom is 0.257 e. The fraction of sp³-hybridized carbons (Fsp3) is 0.480. The third kappa shape index (κ3) is 5.70. The van der Waals surface area contributed by atoms with Crippen molar-refractivity contribution in [3.8, 4) is 0 Å². The van der Waals surface area contributed by atoms with Gasteiger partial charge in [-0.2, -0.15) is 5.10 Å². The van der Waals surface area contributed by atoms with E-state index in [0.717, 1.165) is 59.9 Å². The van der Waals surface area contributed by atoms with Crippen molar-refractivity contribution in [3.05, 3.63) is 65.1 Å². The molecule has 1 aliphatic heterocycles. The molecule has 7 heteroatoms. The van der Waals surface area contributed by atoms with Crippen LogP contribution in [0.5, 0.6) is 0 Å². The van der Waals surface area contributed by atoms with Crippen LogP contribution in [0.1, 0.15) is 29.5 Å². The van der Waals surface area contributed by atoms with Crippen molar-refractivity contribution < 1.29 is 17.9 Å². The minimum absolute atomic E-state index is 0.0316. The number of nitrogens with zero attached hydrogens (tertiary/aromatic N) is 2. The monoisotopic (exact) mass is 445 g/mol. The Bertz CT molecular complexity index is 1030. The second kappa shape index (κ2) is 10.0. The number of piperidine rings is 1. The van der Waals surface area contributed by atoms with Crippen LogP contribution in [-0.4, -0.2) is 42.5 Å². The first-order valence-electron chi connectivity index (χ1n) is 11.2. The van der Waals surface area contributed by atoms with Crippen molar-refractivity contribution in [1.29, 1.82) is 0 Å². The summed E-state index contributed by atoms with van der Waals surface area (Å²) in [6, 6.07) is 10.8. The van der Waals surface area contributed by atoms with Crippen LogP contribution in [0, 0.1) is 18.2 Å². The van der Waals surface area contributed by atoms with Crippen LogP contribution in [0.15, 0.2) is 42.6 Å². The van der Waals surface area contributed by atoms with E-state index in [4.69, 9.17) is 4.74 Å². The van der Waals surface area contributed by atoms with E-state index in [1.54, 1.807) is 6.20 Å². The Labute approximate surface area is 186 Å². The zero-order valence-electron chi connectivity index (χ0n) is 18.4. The average Bonchev–Trinajstić information content (AvgIpc) is 3.15. The second-order valence-corrected chi connectivity index (χ2v) is 8.96. The van der Waals surface area contributed by atoms with Crippen LogP contribution >= 0.6 is 0 Å². The molecule has 0 aliphatic carbocycles. The van der Waals surface area contributed by atoms with E-state index >= 15 is 0 Å². The van der Waals surface area contributed by atoms with Gasteiger partial charge in [0.2, 0.25) is 0 Å². The van der Waals surface area contributed by atoms with Crippen LogP contribution < -0.4 is 5.32 Å². The molecular weight excluding hydrogens is 415 g/mol. The number of benzene rings is 2. The molecule has 1 saturated heterocycles. The van der Waals surface area contributed by atoms with Crippen molar-refractivity contribution in [2.75, 3.05) is 26.3 Å². The molecular formula is C25H30F3N3O. The lowest BCUT2D eigenvalue weighted by molar-refractivity contribution is 0.0254. The summed E-state index contributed by atoms with van der Waals surface area (Å²) in [4.78, 5) is 0. The van der Waals surface area contributed by atoms with Crippen LogP contribution in [0.25, 0.3) is 10.9 Å². The molecule has 4 nitrogen and oxygen atoms in total. The van der Waals surface area contributed by atoms with Gasteiger partial charge in [0.1, 0.15) is 12.4 Å². The van der Waals surface area contributed by atoms with E-state index in [-0.39, 0.29) is 11.2 Å². The Morgan fingerprint density at radius 3 is 2.62 bits per heavy atom. The van der Waals surface area contributed by atoms with Gasteiger partial charge in [-0.25, -0.2) is 13.2 Å². The first-order chi connectivity index (χ1) is 15.4. The second-order valence-electron chi connectivity index (χ2n) is 8.96. The summed E-state index contributed by atoms with van der Waals surface area (Å²) >= 11 is 0. The number of hydrogen-bond donors (Lipinski definition) is 1. The van der Waals surface area contributed by atoms with Crippen molar-refractivity contribution in [3.63, 3.8) is 0 Å². The Morgan fingerprint density at radius 2 is 1.91 bits per heavy atom. The van der Waals surface area contributed by atoms with Gasteiger partial charge in [-0.05, 0) is 75.0 Å². The third-order valence-corrected chi connectivity index (χ3v) is 6.28. The molecule has 3 aromatic rings. The molecule has 0 amide bonds. The van der Waals surface area contributed by atoms with E-state index < -0.39 is 13.0 Å². The van der Waals surface area contributed by atoms with Gasteiger partial charge in [-0.15, -0.1) is 0 Å². The van der Waals surface area contributed by atoms with Crippen molar-refractivity contribution >= 4 is 10.9 Å². The molecule has 0 radical (unpaired) electrons. The Balaban J connectivity index is 1.41. The van der Waals surface area contributed by atoms with Gasteiger partial charge < -0.3 is 10.1 Å². The molecule has 0 saturated carbocycles. The number of rotatable bonds is 9. The van der Waals surface area contributed by atoms with Crippen molar-refractivity contribution in [1.82, 2.24) is 15.1 Å².